The highest BCUT2D eigenvalue weighted by Gasteiger charge is 2.45. The van der Waals surface area contributed by atoms with Crippen molar-refractivity contribution in [2.24, 2.45) is 5.41 Å². The summed E-state index contributed by atoms with van der Waals surface area (Å²) in [6.07, 6.45) is 2.85. The van der Waals surface area contributed by atoms with Gasteiger partial charge in [0.1, 0.15) is 0 Å². The van der Waals surface area contributed by atoms with Crippen LogP contribution in [0.3, 0.4) is 0 Å². The molecule has 0 unspecified atom stereocenters. The Morgan fingerprint density at radius 1 is 0.800 bits per heavy atom. The summed E-state index contributed by atoms with van der Waals surface area (Å²) < 4.78 is 0. The minimum atomic E-state index is 0.704. The van der Waals surface area contributed by atoms with E-state index in [1.807, 2.05) is 0 Å². The molecule has 2 fully saturated rings. The Balaban J connectivity index is 1.80. The molecule has 2 saturated heterocycles. The minimum Gasteiger partial charge on any atom is -0.301 e. The van der Waals surface area contributed by atoms with Crippen LogP contribution >= 0.6 is 0 Å². The standard InChI is InChI=1S/C13H26N2/c1-11(2)14-7-5-13(6-8-14)9-15(10-13)12(3)4/h11-12H,5-10H2,1-4H3. The molecular formula is C13H26N2. The van der Waals surface area contributed by atoms with Crippen LogP contribution < -0.4 is 0 Å². The van der Waals surface area contributed by atoms with Crippen LogP contribution in [0.1, 0.15) is 40.5 Å². The summed E-state index contributed by atoms with van der Waals surface area (Å²) in [7, 11) is 0. The van der Waals surface area contributed by atoms with E-state index < -0.39 is 0 Å². The van der Waals surface area contributed by atoms with E-state index in [9.17, 15) is 0 Å². The SMILES string of the molecule is CC(C)N1CCC2(CC1)CN(C(C)C)C2. The third kappa shape index (κ3) is 2.21. The van der Waals surface area contributed by atoms with E-state index in [4.69, 9.17) is 0 Å². The molecule has 0 saturated carbocycles. The van der Waals surface area contributed by atoms with Gasteiger partial charge in [-0.05, 0) is 59.0 Å². The third-order valence-electron chi connectivity index (χ3n) is 4.40. The maximum atomic E-state index is 2.63. The molecule has 0 aromatic rings. The van der Waals surface area contributed by atoms with Crippen molar-refractivity contribution in [3.63, 3.8) is 0 Å². The van der Waals surface area contributed by atoms with Crippen molar-refractivity contribution >= 4 is 0 Å². The molecule has 0 aromatic carbocycles. The van der Waals surface area contributed by atoms with E-state index in [1.54, 1.807) is 0 Å². The molecule has 0 amide bonds. The number of piperidine rings is 1. The summed E-state index contributed by atoms with van der Waals surface area (Å²) in [5, 5.41) is 0. The lowest BCUT2D eigenvalue weighted by Gasteiger charge is -2.56. The van der Waals surface area contributed by atoms with Crippen LogP contribution in [0, 0.1) is 5.41 Å². The second-order valence-electron chi connectivity index (χ2n) is 6.13. The number of rotatable bonds is 2. The Hall–Kier alpha value is -0.0800. The maximum absolute atomic E-state index is 2.63. The second kappa shape index (κ2) is 4.06. The Bertz CT molecular complexity index is 207. The van der Waals surface area contributed by atoms with E-state index in [-0.39, 0.29) is 0 Å². The highest BCUT2D eigenvalue weighted by molar-refractivity contribution is 4.99. The van der Waals surface area contributed by atoms with Crippen molar-refractivity contribution in [3.05, 3.63) is 0 Å². The molecule has 2 heterocycles. The summed E-state index contributed by atoms with van der Waals surface area (Å²) in [4.78, 5) is 5.24. The molecule has 1 spiro atoms. The molecule has 0 bridgehead atoms. The van der Waals surface area contributed by atoms with Crippen molar-refractivity contribution in [3.8, 4) is 0 Å². The predicted molar refractivity (Wildman–Crippen MR) is 65.1 cm³/mol. The molecule has 0 atom stereocenters. The number of hydrogen-bond donors (Lipinski definition) is 0. The van der Waals surface area contributed by atoms with Gasteiger partial charge >= 0.3 is 0 Å². The molecule has 0 radical (unpaired) electrons. The summed E-state index contributed by atoms with van der Waals surface area (Å²) in [6, 6.07) is 1.49. The third-order valence-corrected chi connectivity index (χ3v) is 4.40. The molecule has 88 valence electrons. The molecule has 2 rings (SSSR count). The van der Waals surface area contributed by atoms with Crippen LogP contribution in [0.15, 0.2) is 0 Å². The van der Waals surface area contributed by atoms with Crippen molar-refractivity contribution in [2.75, 3.05) is 26.2 Å². The fraction of sp³-hybridized carbons (Fsp3) is 1.00. The molecule has 2 aliphatic heterocycles. The topological polar surface area (TPSA) is 6.48 Å². The first kappa shape index (κ1) is 11.4. The molecule has 2 aliphatic rings. The van der Waals surface area contributed by atoms with E-state index in [1.165, 1.54) is 39.0 Å². The van der Waals surface area contributed by atoms with Crippen LogP contribution in [-0.4, -0.2) is 48.1 Å². The zero-order valence-electron chi connectivity index (χ0n) is 10.8. The van der Waals surface area contributed by atoms with Crippen LogP contribution in [-0.2, 0) is 0 Å². The quantitative estimate of drug-likeness (QED) is 0.689. The van der Waals surface area contributed by atoms with Gasteiger partial charge in [-0.1, -0.05) is 0 Å². The largest absolute Gasteiger partial charge is 0.301 e. The van der Waals surface area contributed by atoms with Crippen LogP contribution in [0.25, 0.3) is 0 Å². The first-order chi connectivity index (χ1) is 7.02. The smallest absolute Gasteiger partial charge is 0.00541 e. The Morgan fingerprint density at radius 3 is 1.67 bits per heavy atom. The number of likely N-dealkylation sites (tertiary alicyclic amines) is 2. The number of nitrogens with zero attached hydrogens (tertiary/aromatic N) is 2. The highest BCUT2D eigenvalue weighted by atomic mass is 15.2. The zero-order valence-corrected chi connectivity index (χ0v) is 10.8. The van der Waals surface area contributed by atoms with Gasteiger partial charge in [-0.2, -0.15) is 0 Å². The van der Waals surface area contributed by atoms with Gasteiger partial charge < -0.3 is 4.90 Å². The lowest BCUT2D eigenvalue weighted by atomic mass is 9.71. The second-order valence-corrected chi connectivity index (χ2v) is 6.13. The number of hydrogen-bond acceptors (Lipinski definition) is 2. The molecule has 15 heavy (non-hydrogen) atoms. The Labute approximate surface area is 94.6 Å². The minimum absolute atomic E-state index is 0.704. The summed E-state index contributed by atoms with van der Waals surface area (Å²) in [5.74, 6) is 0. The monoisotopic (exact) mass is 210 g/mol. The Kier molecular flexibility index (Phi) is 3.09. The lowest BCUT2D eigenvalue weighted by Crippen LogP contribution is -2.62. The van der Waals surface area contributed by atoms with Crippen molar-refractivity contribution in [1.29, 1.82) is 0 Å². The van der Waals surface area contributed by atoms with E-state index in [0.717, 1.165) is 12.1 Å². The van der Waals surface area contributed by atoms with Crippen molar-refractivity contribution in [1.82, 2.24) is 9.80 Å². The fourth-order valence-corrected chi connectivity index (χ4v) is 3.01. The van der Waals surface area contributed by atoms with Crippen LogP contribution in [0.5, 0.6) is 0 Å². The predicted octanol–water partition coefficient (Wildman–Crippen LogP) is 2.20. The Morgan fingerprint density at radius 2 is 1.27 bits per heavy atom. The van der Waals surface area contributed by atoms with Crippen molar-refractivity contribution in [2.45, 2.75) is 52.6 Å². The molecular weight excluding hydrogens is 184 g/mol. The normalized spacial score (nSPS) is 27.6. The van der Waals surface area contributed by atoms with Gasteiger partial charge in [0.15, 0.2) is 0 Å². The lowest BCUT2D eigenvalue weighted by molar-refractivity contribution is -0.0662. The van der Waals surface area contributed by atoms with Crippen LogP contribution in [0.4, 0.5) is 0 Å². The maximum Gasteiger partial charge on any atom is 0.00541 e. The van der Waals surface area contributed by atoms with E-state index >= 15 is 0 Å². The first-order valence-electron chi connectivity index (χ1n) is 6.50. The summed E-state index contributed by atoms with van der Waals surface area (Å²) in [6.45, 7) is 14.6. The molecule has 0 N–H and O–H groups in total. The first-order valence-corrected chi connectivity index (χ1v) is 6.50. The van der Waals surface area contributed by atoms with Gasteiger partial charge in [0.05, 0.1) is 0 Å². The highest BCUT2D eigenvalue weighted by Crippen LogP contribution is 2.41. The van der Waals surface area contributed by atoms with E-state index in [2.05, 4.69) is 37.5 Å². The van der Waals surface area contributed by atoms with Gasteiger partial charge in [0.2, 0.25) is 0 Å². The van der Waals surface area contributed by atoms with Gasteiger partial charge in [-0.25, -0.2) is 0 Å². The van der Waals surface area contributed by atoms with E-state index in [0.29, 0.717) is 5.41 Å². The van der Waals surface area contributed by atoms with Gasteiger partial charge in [0, 0.05) is 25.2 Å². The summed E-state index contributed by atoms with van der Waals surface area (Å²) >= 11 is 0. The van der Waals surface area contributed by atoms with Gasteiger partial charge in [-0.15, -0.1) is 0 Å². The molecule has 2 heteroatoms. The summed E-state index contributed by atoms with van der Waals surface area (Å²) in [5.41, 5.74) is 0.704. The van der Waals surface area contributed by atoms with Gasteiger partial charge in [-0.3, -0.25) is 4.90 Å². The molecule has 2 nitrogen and oxygen atoms in total. The van der Waals surface area contributed by atoms with Crippen molar-refractivity contribution < 1.29 is 0 Å². The average Bonchev–Trinajstić information content (AvgIpc) is 2.13. The molecule has 0 aromatic heterocycles. The fourth-order valence-electron chi connectivity index (χ4n) is 3.01. The van der Waals surface area contributed by atoms with Gasteiger partial charge in [0.25, 0.3) is 0 Å². The van der Waals surface area contributed by atoms with Crippen LogP contribution in [0.2, 0.25) is 0 Å². The average molecular weight is 210 g/mol. The zero-order chi connectivity index (χ0) is 11.1. The molecule has 0 aliphatic carbocycles.